The minimum absolute atomic E-state index is 0.00608. The Morgan fingerprint density at radius 1 is 1.00 bits per heavy atom. The number of aromatic carboxylic acids is 1. The summed E-state index contributed by atoms with van der Waals surface area (Å²) < 4.78 is 12.9. The molecule has 1 heterocycles. The third-order valence-electron chi connectivity index (χ3n) is 6.25. The van der Waals surface area contributed by atoms with Crippen molar-refractivity contribution in [2.75, 3.05) is 13.9 Å². The summed E-state index contributed by atoms with van der Waals surface area (Å²) in [7, 11) is 1.54. The Morgan fingerprint density at radius 3 is 2.26 bits per heavy atom. The molecule has 35 heavy (non-hydrogen) atoms. The highest BCUT2D eigenvalue weighted by Crippen LogP contribution is 2.38. The van der Waals surface area contributed by atoms with E-state index >= 15 is 0 Å². The lowest BCUT2D eigenvalue weighted by atomic mass is 9.94. The van der Waals surface area contributed by atoms with Crippen LogP contribution in [0.1, 0.15) is 73.6 Å². The van der Waals surface area contributed by atoms with Gasteiger partial charge >= 0.3 is 5.97 Å². The average Bonchev–Trinajstić information content (AvgIpc) is 3.23. The molecule has 0 bridgehead atoms. The minimum Gasteiger partial charge on any atom is -0.476 e. The SMILES string of the molecule is CCCCCCc1ccc(-c2c(C(=O)O)nn(C(C)(C)Cc3ccc(C)cc3)c2OCOC)cc1. The Bertz CT molecular complexity index is 1100. The van der Waals surface area contributed by atoms with Crippen molar-refractivity contribution in [1.82, 2.24) is 9.78 Å². The van der Waals surface area contributed by atoms with Crippen molar-refractivity contribution in [2.45, 2.75) is 71.8 Å². The van der Waals surface area contributed by atoms with Gasteiger partial charge in [0.2, 0.25) is 5.88 Å². The number of unbranched alkanes of at least 4 members (excludes halogenated alkanes) is 3. The van der Waals surface area contributed by atoms with E-state index in [2.05, 4.69) is 55.3 Å². The van der Waals surface area contributed by atoms with E-state index in [-0.39, 0.29) is 12.5 Å². The van der Waals surface area contributed by atoms with E-state index in [1.807, 2.05) is 26.0 Å². The highest BCUT2D eigenvalue weighted by atomic mass is 16.7. The lowest BCUT2D eigenvalue weighted by Gasteiger charge is -2.27. The summed E-state index contributed by atoms with van der Waals surface area (Å²) in [5.41, 5.74) is 4.25. The van der Waals surface area contributed by atoms with Crippen molar-refractivity contribution >= 4 is 5.97 Å². The normalized spacial score (nSPS) is 11.6. The zero-order valence-electron chi connectivity index (χ0n) is 21.6. The van der Waals surface area contributed by atoms with Gasteiger partial charge in [-0.25, -0.2) is 9.48 Å². The maximum absolute atomic E-state index is 12.3. The minimum atomic E-state index is -1.09. The van der Waals surface area contributed by atoms with Crippen LogP contribution in [0, 0.1) is 6.92 Å². The van der Waals surface area contributed by atoms with Crippen LogP contribution in [-0.4, -0.2) is 34.8 Å². The molecule has 1 aromatic heterocycles. The number of benzene rings is 2. The molecular formula is C29H38N2O4. The van der Waals surface area contributed by atoms with Gasteiger partial charge in [-0.05, 0) is 56.7 Å². The van der Waals surface area contributed by atoms with Crippen LogP contribution < -0.4 is 4.74 Å². The predicted molar refractivity (Wildman–Crippen MR) is 139 cm³/mol. The molecule has 0 aliphatic rings. The number of aryl methyl sites for hydroxylation is 2. The molecule has 3 rings (SSSR count). The van der Waals surface area contributed by atoms with Crippen LogP contribution in [0.25, 0.3) is 11.1 Å². The van der Waals surface area contributed by atoms with Crippen molar-refractivity contribution in [3.05, 3.63) is 70.9 Å². The zero-order valence-corrected chi connectivity index (χ0v) is 21.6. The summed E-state index contributed by atoms with van der Waals surface area (Å²) in [5.74, 6) is -0.687. The van der Waals surface area contributed by atoms with Crippen LogP contribution in [0.2, 0.25) is 0 Å². The topological polar surface area (TPSA) is 73.6 Å². The predicted octanol–water partition coefficient (Wildman–Crippen LogP) is 6.64. The van der Waals surface area contributed by atoms with E-state index < -0.39 is 11.5 Å². The second-order valence-corrected chi connectivity index (χ2v) is 9.78. The molecule has 6 heteroatoms. The molecule has 1 N–H and O–H groups in total. The Hall–Kier alpha value is -3.12. The first-order valence-electron chi connectivity index (χ1n) is 12.4. The highest BCUT2D eigenvalue weighted by molar-refractivity contribution is 5.95. The molecule has 0 fully saturated rings. The van der Waals surface area contributed by atoms with Crippen LogP contribution in [0.3, 0.4) is 0 Å². The first kappa shape index (κ1) is 26.5. The second-order valence-electron chi connectivity index (χ2n) is 9.78. The van der Waals surface area contributed by atoms with Gasteiger partial charge in [-0.1, -0.05) is 80.3 Å². The summed E-state index contributed by atoms with van der Waals surface area (Å²) in [4.78, 5) is 12.3. The number of carboxylic acids is 1. The third kappa shape index (κ3) is 6.73. The smallest absolute Gasteiger partial charge is 0.357 e. The number of carboxylic acid groups (broad SMARTS) is 1. The summed E-state index contributed by atoms with van der Waals surface area (Å²) in [6.07, 6.45) is 6.51. The number of aromatic nitrogens is 2. The first-order valence-corrected chi connectivity index (χ1v) is 12.4. The van der Waals surface area contributed by atoms with E-state index in [0.29, 0.717) is 17.9 Å². The van der Waals surface area contributed by atoms with Gasteiger partial charge in [0.15, 0.2) is 12.5 Å². The Kier molecular flexibility index (Phi) is 9.10. The van der Waals surface area contributed by atoms with Crippen LogP contribution in [0.15, 0.2) is 48.5 Å². The van der Waals surface area contributed by atoms with Crippen LogP contribution in [-0.2, 0) is 23.1 Å². The molecule has 0 atom stereocenters. The molecule has 188 valence electrons. The molecular weight excluding hydrogens is 440 g/mol. The quantitative estimate of drug-likeness (QED) is 0.220. The van der Waals surface area contributed by atoms with Gasteiger partial charge in [0, 0.05) is 7.11 Å². The molecule has 0 amide bonds. The van der Waals surface area contributed by atoms with Crippen molar-refractivity contribution in [3.63, 3.8) is 0 Å². The maximum atomic E-state index is 12.3. The number of carbonyl (C=O) groups is 1. The molecule has 6 nitrogen and oxygen atoms in total. The molecule has 0 radical (unpaired) electrons. The Balaban J connectivity index is 2.00. The standard InChI is InChI=1S/C29H38N2O4/c1-6-7-8-9-10-22-15-17-24(18-16-22)25-26(28(32)33)30-31(27(25)35-20-34-5)29(3,4)19-23-13-11-21(2)12-14-23/h11-18H,6-10,19-20H2,1-5H3,(H,32,33). The van der Waals surface area contributed by atoms with Gasteiger partial charge in [-0.2, -0.15) is 5.10 Å². The summed E-state index contributed by atoms with van der Waals surface area (Å²) in [6, 6.07) is 16.4. The van der Waals surface area contributed by atoms with Gasteiger partial charge in [-0.15, -0.1) is 0 Å². The molecule has 3 aromatic rings. The van der Waals surface area contributed by atoms with Gasteiger partial charge in [0.05, 0.1) is 11.1 Å². The van der Waals surface area contributed by atoms with Crippen LogP contribution in [0.5, 0.6) is 5.88 Å². The molecule has 2 aromatic carbocycles. The molecule has 0 saturated heterocycles. The van der Waals surface area contributed by atoms with Crippen molar-refractivity contribution in [3.8, 4) is 17.0 Å². The third-order valence-corrected chi connectivity index (χ3v) is 6.25. The van der Waals surface area contributed by atoms with Gasteiger partial charge in [-0.3, -0.25) is 0 Å². The average molecular weight is 479 g/mol. The van der Waals surface area contributed by atoms with Crippen LogP contribution in [0.4, 0.5) is 0 Å². The highest BCUT2D eigenvalue weighted by Gasteiger charge is 2.33. The maximum Gasteiger partial charge on any atom is 0.357 e. The second kappa shape index (κ2) is 12.0. The molecule has 0 unspecified atom stereocenters. The fourth-order valence-corrected chi connectivity index (χ4v) is 4.35. The largest absolute Gasteiger partial charge is 0.476 e. The van der Waals surface area contributed by atoms with Crippen molar-refractivity contribution in [1.29, 1.82) is 0 Å². The Labute approximate surface area is 208 Å². The van der Waals surface area contributed by atoms with E-state index in [1.165, 1.54) is 30.4 Å². The summed E-state index contributed by atoms with van der Waals surface area (Å²) in [5, 5.41) is 14.6. The van der Waals surface area contributed by atoms with E-state index in [0.717, 1.165) is 24.0 Å². The zero-order chi connectivity index (χ0) is 25.4. The van der Waals surface area contributed by atoms with E-state index in [4.69, 9.17) is 9.47 Å². The van der Waals surface area contributed by atoms with Gasteiger partial charge in [0.25, 0.3) is 0 Å². The fraction of sp³-hybridized carbons (Fsp3) is 0.448. The monoisotopic (exact) mass is 478 g/mol. The summed E-state index contributed by atoms with van der Waals surface area (Å²) >= 11 is 0. The number of nitrogens with zero attached hydrogens (tertiary/aromatic N) is 2. The van der Waals surface area contributed by atoms with E-state index in [1.54, 1.807) is 11.8 Å². The first-order chi connectivity index (χ1) is 16.8. The van der Waals surface area contributed by atoms with Crippen LogP contribution >= 0.6 is 0 Å². The molecule has 0 aliphatic heterocycles. The number of rotatable bonds is 13. The number of hydrogen-bond acceptors (Lipinski definition) is 4. The molecule has 0 saturated carbocycles. The molecule has 0 spiro atoms. The number of ether oxygens (including phenoxy) is 2. The fourth-order valence-electron chi connectivity index (χ4n) is 4.35. The van der Waals surface area contributed by atoms with Crippen molar-refractivity contribution < 1.29 is 19.4 Å². The van der Waals surface area contributed by atoms with Gasteiger partial charge < -0.3 is 14.6 Å². The number of methoxy groups -OCH3 is 1. The van der Waals surface area contributed by atoms with Gasteiger partial charge in [0.1, 0.15) is 0 Å². The Morgan fingerprint density at radius 2 is 1.66 bits per heavy atom. The molecule has 0 aliphatic carbocycles. The lowest BCUT2D eigenvalue weighted by Crippen LogP contribution is -2.31. The van der Waals surface area contributed by atoms with Crippen molar-refractivity contribution in [2.24, 2.45) is 0 Å². The summed E-state index contributed by atoms with van der Waals surface area (Å²) in [6.45, 7) is 8.33. The lowest BCUT2D eigenvalue weighted by molar-refractivity contribution is 0.0403. The number of hydrogen-bond donors (Lipinski definition) is 1. The van der Waals surface area contributed by atoms with E-state index in [9.17, 15) is 9.90 Å².